The van der Waals surface area contributed by atoms with Gasteiger partial charge in [-0.25, -0.2) is 0 Å². The van der Waals surface area contributed by atoms with Gasteiger partial charge in [-0.2, -0.15) is 0 Å². The SMILES string of the molecule is CC(CCl)(CCl)CCSc1ccccc1. The molecule has 0 saturated carbocycles. The van der Waals surface area contributed by atoms with E-state index in [0.29, 0.717) is 11.8 Å². The highest BCUT2D eigenvalue weighted by atomic mass is 35.5. The molecule has 15 heavy (non-hydrogen) atoms. The molecule has 0 heterocycles. The number of rotatable bonds is 6. The summed E-state index contributed by atoms with van der Waals surface area (Å²) >= 11 is 13.7. The summed E-state index contributed by atoms with van der Waals surface area (Å²) in [6, 6.07) is 10.4. The predicted octanol–water partition coefficient (Wildman–Crippen LogP) is 4.65. The molecule has 0 aliphatic heterocycles. The molecule has 0 spiro atoms. The van der Waals surface area contributed by atoms with Gasteiger partial charge in [-0.1, -0.05) is 25.1 Å². The Morgan fingerprint density at radius 3 is 2.27 bits per heavy atom. The minimum atomic E-state index is 0.0743. The molecule has 0 atom stereocenters. The molecule has 3 heteroatoms. The molecule has 0 unspecified atom stereocenters. The molecule has 0 bridgehead atoms. The van der Waals surface area contributed by atoms with Gasteiger partial charge in [0.05, 0.1) is 0 Å². The van der Waals surface area contributed by atoms with Crippen LogP contribution in [0.4, 0.5) is 0 Å². The quantitative estimate of drug-likeness (QED) is 0.531. The highest BCUT2D eigenvalue weighted by molar-refractivity contribution is 7.99. The number of thioether (sulfide) groups is 1. The van der Waals surface area contributed by atoms with Crippen molar-refractivity contribution in [3.63, 3.8) is 0 Å². The van der Waals surface area contributed by atoms with Crippen molar-refractivity contribution in [1.82, 2.24) is 0 Å². The van der Waals surface area contributed by atoms with E-state index in [4.69, 9.17) is 23.2 Å². The van der Waals surface area contributed by atoms with Gasteiger partial charge in [0.2, 0.25) is 0 Å². The number of benzene rings is 1. The Hall–Kier alpha value is 0.150. The van der Waals surface area contributed by atoms with Crippen molar-refractivity contribution in [3.05, 3.63) is 30.3 Å². The van der Waals surface area contributed by atoms with Gasteiger partial charge in [-0.3, -0.25) is 0 Å². The molecule has 1 aromatic carbocycles. The Morgan fingerprint density at radius 1 is 1.13 bits per heavy atom. The van der Waals surface area contributed by atoms with Crippen LogP contribution in [0, 0.1) is 5.41 Å². The third-order valence-corrected chi connectivity index (χ3v) is 4.67. The van der Waals surface area contributed by atoms with E-state index in [1.54, 1.807) is 0 Å². The molecule has 84 valence electrons. The minimum absolute atomic E-state index is 0.0743. The molecule has 1 aromatic rings. The molecular formula is C12H16Cl2S. The van der Waals surface area contributed by atoms with Crippen molar-refractivity contribution in [2.24, 2.45) is 5.41 Å². The number of hydrogen-bond acceptors (Lipinski definition) is 1. The molecule has 0 amide bonds. The van der Waals surface area contributed by atoms with Gasteiger partial charge in [-0.05, 0) is 29.7 Å². The Kier molecular flexibility index (Phi) is 5.88. The lowest BCUT2D eigenvalue weighted by molar-refractivity contribution is 0.415. The zero-order valence-corrected chi connectivity index (χ0v) is 11.2. The van der Waals surface area contributed by atoms with Gasteiger partial charge in [0.25, 0.3) is 0 Å². The van der Waals surface area contributed by atoms with E-state index in [1.807, 2.05) is 17.8 Å². The molecule has 0 radical (unpaired) electrons. The van der Waals surface area contributed by atoms with Crippen molar-refractivity contribution in [2.45, 2.75) is 18.2 Å². The van der Waals surface area contributed by atoms with E-state index in [-0.39, 0.29) is 5.41 Å². The topological polar surface area (TPSA) is 0 Å². The normalized spacial score (nSPS) is 11.7. The summed E-state index contributed by atoms with van der Waals surface area (Å²) in [4.78, 5) is 1.31. The summed E-state index contributed by atoms with van der Waals surface area (Å²) in [5.41, 5.74) is 0.0743. The third kappa shape index (κ3) is 4.67. The molecule has 0 N–H and O–H groups in total. The van der Waals surface area contributed by atoms with Crippen molar-refractivity contribution in [1.29, 1.82) is 0 Å². The first-order valence-corrected chi connectivity index (χ1v) is 7.05. The minimum Gasteiger partial charge on any atom is -0.126 e. The zero-order chi connectivity index (χ0) is 11.1. The maximum absolute atomic E-state index is 5.90. The van der Waals surface area contributed by atoms with Crippen LogP contribution in [0.5, 0.6) is 0 Å². The number of hydrogen-bond donors (Lipinski definition) is 0. The van der Waals surface area contributed by atoms with Crippen LogP contribution in [-0.2, 0) is 0 Å². The van der Waals surface area contributed by atoms with Gasteiger partial charge in [0.1, 0.15) is 0 Å². The maximum Gasteiger partial charge on any atom is 0.0289 e. The van der Waals surface area contributed by atoms with Crippen molar-refractivity contribution in [3.8, 4) is 0 Å². The molecule has 0 fully saturated rings. The van der Waals surface area contributed by atoms with E-state index < -0.39 is 0 Å². The average molecular weight is 263 g/mol. The van der Waals surface area contributed by atoms with Crippen LogP contribution in [-0.4, -0.2) is 17.5 Å². The second-order valence-corrected chi connectivity index (χ2v) is 5.69. The largest absolute Gasteiger partial charge is 0.126 e. The Balaban J connectivity index is 2.33. The first-order chi connectivity index (χ1) is 7.20. The molecule has 0 nitrogen and oxygen atoms in total. The summed E-state index contributed by atoms with van der Waals surface area (Å²) < 4.78 is 0. The first-order valence-electron chi connectivity index (χ1n) is 5.00. The molecule has 1 rings (SSSR count). The monoisotopic (exact) mass is 262 g/mol. The van der Waals surface area contributed by atoms with Crippen LogP contribution in [0.15, 0.2) is 35.2 Å². The van der Waals surface area contributed by atoms with E-state index in [1.165, 1.54) is 4.90 Å². The van der Waals surface area contributed by atoms with Crippen LogP contribution < -0.4 is 0 Å². The fourth-order valence-corrected chi connectivity index (χ4v) is 2.83. The van der Waals surface area contributed by atoms with Gasteiger partial charge in [0, 0.05) is 16.7 Å². The summed E-state index contributed by atoms with van der Waals surface area (Å²) in [6.45, 7) is 2.14. The smallest absolute Gasteiger partial charge is 0.0289 e. The summed E-state index contributed by atoms with van der Waals surface area (Å²) in [5, 5.41) is 0. The van der Waals surface area contributed by atoms with E-state index in [0.717, 1.165) is 12.2 Å². The molecule has 0 aliphatic carbocycles. The molecule has 0 aliphatic rings. The number of alkyl halides is 2. The molecule has 0 saturated heterocycles. The summed E-state index contributed by atoms with van der Waals surface area (Å²) in [6.07, 6.45) is 1.06. The fraction of sp³-hybridized carbons (Fsp3) is 0.500. The highest BCUT2D eigenvalue weighted by Crippen LogP contribution is 2.29. The van der Waals surface area contributed by atoms with Crippen LogP contribution in [0.1, 0.15) is 13.3 Å². The maximum atomic E-state index is 5.90. The first kappa shape index (κ1) is 13.2. The van der Waals surface area contributed by atoms with Gasteiger partial charge >= 0.3 is 0 Å². The lowest BCUT2D eigenvalue weighted by Gasteiger charge is -2.23. The van der Waals surface area contributed by atoms with Crippen molar-refractivity contribution in [2.75, 3.05) is 17.5 Å². The van der Waals surface area contributed by atoms with Gasteiger partial charge in [0.15, 0.2) is 0 Å². The second-order valence-electron chi connectivity index (χ2n) is 3.99. The standard InChI is InChI=1S/C12H16Cl2S/c1-12(9-13,10-14)7-8-15-11-5-3-2-4-6-11/h2-6H,7-10H2,1H3. The van der Waals surface area contributed by atoms with Crippen LogP contribution in [0.3, 0.4) is 0 Å². The lowest BCUT2D eigenvalue weighted by Crippen LogP contribution is -2.21. The molecule has 0 aromatic heterocycles. The second kappa shape index (κ2) is 6.67. The van der Waals surface area contributed by atoms with Crippen LogP contribution >= 0.6 is 35.0 Å². The van der Waals surface area contributed by atoms with Gasteiger partial charge in [-0.15, -0.1) is 35.0 Å². The van der Waals surface area contributed by atoms with Crippen molar-refractivity contribution >= 4 is 35.0 Å². The summed E-state index contributed by atoms with van der Waals surface area (Å²) in [7, 11) is 0. The van der Waals surface area contributed by atoms with Crippen molar-refractivity contribution < 1.29 is 0 Å². The van der Waals surface area contributed by atoms with E-state index >= 15 is 0 Å². The summed E-state index contributed by atoms with van der Waals surface area (Å²) in [5.74, 6) is 2.33. The average Bonchev–Trinajstić information content (AvgIpc) is 2.30. The van der Waals surface area contributed by atoms with Crippen LogP contribution in [0.25, 0.3) is 0 Å². The van der Waals surface area contributed by atoms with E-state index in [9.17, 15) is 0 Å². The van der Waals surface area contributed by atoms with Gasteiger partial charge < -0.3 is 0 Å². The third-order valence-electron chi connectivity index (χ3n) is 2.36. The fourth-order valence-electron chi connectivity index (χ4n) is 1.10. The Labute approximate surface area is 106 Å². The zero-order valence-electron chi connectivity index (χ0n) is 8.88. The lowest BCUT2D eigenvalue weighted by atomic mass is 9.93. The number of halogens is 2. The highest BCUT2D eigenvalue weighted by Gasteiger charge is 2.21. The predicted molar refractivity (Wildman–Crippen MR) is 71.3 cm³/mol. The Bertz CT molecular complexity index is 270. The van der Waals surface area contributed by atoms with Crippen LogP contribution in [0.2, 0.25) is 0 Å². The van der Waals surface area contributed by atoms with E-state index in [2.05, 4.69) is 31.2 Å². The Morgan fingerprint density at radius 2 is 1.73 bits per heavy atom. The molecular weight excluding hydrogens is 247 g/mol.